The second-order valence-electron chi connectivity index (χ2n) is 2.80. The number of hydrogen-bond acceptors (Lipinski definition) is 2. The summed E-state index contributed by atoms with van der Waals surface area (Å²) < 4.78 is 40.4. The van der Waals surface area contributed by atoms with Crippen molar-refractivity contribution in [3.8, 4) is 5.75 Å². The summed E-state index contributed by atoms with van der Waals surface area (Å²) >= 11 is 3.17. The first-order valence-corrected chi connectivity index (χ1v) is 4.65. The van der Waals surface area contributed by atoms with Crippen LogP contribution >= 0.6 is 15.9 Å². The lowest BCUT2D eigenvalue weighted by Gasteiger charge is -2.07. The van der Waals surface area contributed by atoms with E-state index in [1.165, 1.54) is 18.2 Å². The number of halogens is 4. The molecule has 0 N–H and O–H groups in total. The Balaban J connectivity index is 2.83. The molecule has 0 aromatic heterocycles. The van der Waals surface area contributed by atoms with E-state index in [2.05, 4.69) is 20.7 Å². The van der Waals surface area contributed by atoms with Crippen molar-refractivity contribution in [1.29, 1.82) is 0 Å². The zero-order valence-corrected chi connectivity index (χ0v) is 9.15. The lowest BCUT2D eigenvalue weighted by atomic mass is 10.2. The van der Waals surface area contributed by atoms with Gasteiger partial charge in [0.1, 0.15) is 5.75 Å². The number of ether oxygens (including phenoxy) is 1. The maximum Gasteiger partial charge on any atom is 0.491 e. The Morgan fingerprint density at radius 2 is 2.00 bits per heavy atom. The van der Waals surface area contributed by atoms with Crippen molar-refractivity contribution in [2.45, 2.75) is 13.1 Å². The Morgan fingerprint density at radius 3 is 2.47 bits per heavy atom. The second kappa shape index (κ2) is 4.22. The number of rotatable bonds is 1. The molecule has 0 bridgehead atoms. The lowest BCUT2D eigenvalue weighted by Crippen LogP contribution is -2.27. The van der Waals surface area contributed by atoms with Crippen LogP contribution in [-0.4, -0.2) is 12.1 Å². The number of aryl methyl sites for hydroxylation is 1. The largest absolute Gasteiger partial charge is 0.491 e. The topological polar surface area (TPSA) is 26.3 Å². The SMILES string of the molecule is Cc1cc(OC(=O)C(F)(F)F)ccc1Br. The van der Waals surface area contributed by atoms with E-state index in [-0.39, 0.29) is 5.75 Å². The predicted molar refractivity (Wildman–Crippen MR) is 50.6 cm³/mol. The van der Waals surface area contributed by atoms with Crippen molar-refractivity contribution in [3.05, 3.63) is 28.2 Å². The van der Waals surface area contributed by atoms with E-state index >= 15 is 0 Å². The van der Waals surface area contributed by atoms with E-state index in [0.717, 1.165) is 4.47 Å². The molecule has 0 unspecified atom stereocenters. The average Bonchev–Trinajstić information content (AvgIpc) is 2.10. The first-order chi connectivity index (χ1) is 6.80. The molecule has 0 aliphatic carbocycles. The van der Waals surface area contributed by atoms with Gasteiger partial charge in [0.25, 0.3) is 0 Å². The van der Waals surface area contributed by atoms with Crippen molar-refractivity contribution >= 4 is 21.9 Å². The molecule has 1 aromatic carbocycles. The van der Waals surface area contributed by atoms with Gasteiger partial charge in [-0.3, -0.25) is 0 Å². The molecule has 0 atom stereocenters. The van der Waals surface area contributed by atoms with Gasteiger partial charge in [-0.2, -0.15) is 13.2 Å². The minimum Gasteiger partial charge on any atom is -0.420 e. The Kier molecular flexibility index (Phi) is 3.38. The molecule has 0 aliphatic heterocycles. The molecule has 6 heteroatoms. The number of alkyl halides is 3. The zero-order chi connectivity index (χ0) is 11.6. The van der Waals surface area contributed by atoms with E-state index < -0.39 is 12.1 Å². The van der Waals surface area contributed by atoms with Gasteiger partial charge >= 0.3 is 12.1 Å². The van der Waals surface area contributed by atoms with Crippen molar-refractivity contribution < 1.29 is 22.7 Å². The number of carbonyl (C=O) groups is 1. The van der Waals surface area contributed by atoms with Crippen LogP contribution in [-0.2, 0) is 4.79 Å². The fourth-order valence-corrected chi connectivity index (χ4v) is 1.09. The van der Waals surface area contributed by atoms with Gasteiger partial charge in [-0.15, -0.1) is 0 Å². The third kappa shape index (κ3) is 3.23. The Bertz CT molecular complexity index is 387. The molecular weight excluding hydrogens is 277 g/mol. The number of carbonyl (C=O) groups excluding carboxylic acids is 1. The molecule has 2 nitrogen and oxygen atoms in total. The standard InChI is InChI=1S/C9H6BrF3O2/c1-5-4-6(2-3-7(5)10)15-8(14)9(11,12)13/h2-4H,1H3. The van der Waals surface area contributed by atoms with Crippen molar-refractivity contribution in [1.82, 2.24) is 0 Å². The van der Waals surface area contributed by atoms with Crippen LogP contribution in [0, 0.1) is 6.92 Å². The van der Waals surface area contributed by atoms with E-state index in [1.54, 1.807) is 6.92 Å². The Morgan fingerprint density at radius 1 is 1.40 bits per heavy atom. The maximum absolute atomic E-state index is 11.8. The van der Waals surface area contributed by atoms with E-state index in [0.29, 0.717) is 5.56 Å². The second-order valence-corrected chi connectivity index (χ2v) is 3.65. The highest BCUT2D eigenvalue weighted by Crippen LogP contribution is 2.24. The van der Waals surface area contributed by atoms with Gasteiger partial charge in [-0.05, 0) is 30.7 Å². The molecule has 0 radical (unpaired) electrons. The molecular formula is C9H6BrF3O2. The molecule has 0 saturated carbocycles. The fourth-order valence-electron chi connectivity index (χ4n) is 0.846. The van der Waals surface area contributed by atoms with Crippen LogP contribution in [0.25, 0.3) is 0 Å². The van der Waals surface area contributed by atoms with Gasteiger partial charge in [-0.1, -0.05) is 15.9 Å². The van der Waals surface area contributed by atoms with Gasteiger partial charge in [-0.25, -0.2) is 4.79 Å². The summed E-state index contributed by atoms with van der Waals surface area (Å²) in [6, 6.07) is 4.13. The molecule has 1 aromatic rings. The average molecular weight is 283 g/mol. The summed E-state index contributed by atoms with van der Waals surface area (Å²) in [5.41, 5.74) is 0.683. The highest BCUT2D eigenvalue weighted by Gasteiger charge is 2.41. The van der Waals surface area contributed by atoms with Crippen LogP contribution in [0.1, 0.15) is 5.56 Å². The molecule has 82 valence electrons. The van der Waals surface area contributed by atoms with E-state index in [1.807, 2.05) is 0 Å². The third-order valence-corrected chi connectivity index (χ3v) is 2.46. The first-order valence-electron chi connectivity index (χ1n) is 3.86. The Labute approximate surface area is 92.2 Å². The third-order valence-electron chi connectivity index (χ3n) is 1.57. The van der Waals surface area contributed by atoms with Gasteiger partial charge < -0.3 is 4.74 Å². The van der Waals surface area contributed by atoms with Crippen LogP contribution in [0.3, 0.4) is 0 Å². The predicted octanol–water partition coefficient (Wildman–Crippen LogP) is 3.23. The van der Waals surface area contributed by atoms with Gasteiger partial charge in [0, 0.05) is 4.47 Å². The molecule has 0 spiro atoms. The van der Waals surface area contributed by atoms with Crippen LogP contribution in [0.4, 0.5) is 13.2 Å². The molecule has 0 aliphatic rings. The van der Waals surface area contributed by atoms with E-state index in [9.17, 15) is 18.0 Å². The van der Waals surface area contributed by atoms with Gasteiger partial charge in [0.05, 0.1) is 0 Å². The quantitative estimate of drug-likeness (QED) is 0.584. The van der Waals surface area contributed by atoms with Crippen molar-refractivity contribution in [2.75, 3.05) is 0 Å². The fraction of sp³-hybridized carbons (Fsp3) is 0.222. The van der Waals surface area contributed by atoms with Crippen LogP contribution in [0.15, 0.2) is 22.7 Å². The minimum atomic E-state index is -4.97. The smallest absolute Gasteiger partial charge is 0.420 e. The summed E-state index contributed by atoms with van der Waals surface area (Å²) in [5.74, 6) is -2.35. The summed E-state index contributed by atoms with van der Waals surface area (Å²) in [6.07, 6.45) is -4.97. The lowest BCUT2D eigenvalue weighted by molar-refractivity contribution is -0.189. The van der Waals surface area contributed by atoms with Crippen LogP contribution in [0.5, 0.6) is 5.75 Å². The molecule has 0 amide bonds. The summed E-state index contributed by atoms with van der Waals surface area (Å²) in [7, 11) is 0. The number of esters is 1. The van der Waals surface area contributed by atoms with Gasteiger partial charge in [0.2, 0.25) is 0 Å². The molecule has 1 rings (SSSR count). The maximum atomic E-state index is 11.8. The number of hydrogen-bond donors (Lipinski definition) is 0. The summed E-state index contributed by atoms with van der Waals surface area (Å²) in [6.45, 7) is 1.68. The normalized spacial score (nSPS) is 11.3. The van der Waals surface area contributed by atoms with Gasteiger partial charge in [0.15, 0.2) is 0 Å². The molecule has 0 heterocycles. The monoisotopic (exact) mass is 282 g/mol. The summed E-state index contributed by atoms with van der Waals surface area (Å²) in [4.78, 5) is 10.5. The van der Waals surface area contributed by atoms with Crippen LogP contribution < -0.4 is 4.74 Å². The van der Waals surface area contributed by atoms with Crippen LogP contribution in [0.2, 0.25) is 0 Å². The van der Waals surface area contributed by atoms with E-state index in [4.69, 9.17) is 0 Å². The minimum absolute atomic E-state index is 0.127. The molecule has 0 saturated heterocycles. The number of benzene rings is 1. The Hall–Kier alpha value is -1.04. The highest BCUT2D eigenvalue weighted by molar-refractivity contribution is 9.10. The molecule has 15 heavy (non-hydrogen) atoms. The highest BCUT2D eigenvalue weighted by atomic mass is 79.9. The zero-order valence-electron chi connectivity index (χ0n) is 7.56. The van der Waals surface area contributed by atoms with Crippen molar-refractivity contribution in [3.63, 3.8) is 0 Å². The first kappa shape index (κ1) is 12.0. The molecule has 0 fully saturated rings. The van der Waals surface area contributed by atoms with Crippen molar-refractivity contribution in [2.24, 2.45) is 0 Å². The summed E-state index contributed by atoms with van der Waals surface area (Å²) in [5, 5.41) is 0.